The number of rotatable bonds is 10. The zero-order valence-corrected chi connectivity index (χ0v) is 23.3. The Morgan fingerprint density at radius 3 is 2.10 bits per heavy atom. The highest BCUT2D eigenvalue weighted by atomic mass is 19.4. The van der Waals surface area contributed by atoms with E-state index >= 15 is 4.39 Å². The van der Waals surface area contributed by atoms with Crippen LogP contribution in [0.2, 0.25) is 0 Å². The second-order valence-corrected chi connectivity index (χ2v) is 12.7. The predicted octanol–water partition coefficient (Wildman–Crippen LogP) is 7.79. The predicted molar refractivity (Wildman–Crippen MR) is 128 cm³/mol. The molecule has 0 aromatic rings. The summed E-state index contributed by atoms with van der Waals surface area (Å²) in [6.07, 6.45) is -10.8. The van der Waals surface area contributed by atoms with E-state index < -0.39 is 77.5 Å². The Labute approximate surface area is 225 Å². The molecule has 0 aliphatic heterocycles. The molecule has 4 nitrogen and oxygen atoms in total. The number of hydrogen-bond donors (Lipinski definition) is 0. The average molecular weight is 575 g/mol. The average Bonchev–Trinajstić information content (AvgIpc) is 3.56. The maximum atomic E-state index is 16.6. The van der Waals surface area contributed by atoms with Gasteiger partial charge in [0.05, 0.1) is 0 Å². The molecule has 0 N–H and O–H groups in total. The quantitative estimate of drug-likeness (QED) is 0.152. The third-order valence-electron chi connectivity index (χ3n) is 10.6. The summed E-state index contributed by atoms with van der Waals surface area (Å²) in [6.45, 7) is 7.37. The fourth-order valence-corrected chi connectivity index (χ4v) is 8.85. The van der Waals surface area contributed by atoms with Gasteiger partial charge in [0.2, 0.25) is 5.67 Å². The zero-order chi connectivity index (χ0) is 29.2. The van der Waals surface area contributed by atoms with Gasteiger partial charge < -0.3 is 14.2 Å². The lowest BCUT2D eigenvalue weighted by molar-refractivity contribution is -0.411. The largest absolute Gasteiger partial charge is 0.457 e. The van der Waals surface area contributed by atoms with E-state index in [4.69, 9.17) is 9.47 Å². The number of carbonyl (C=O) groups excluding carboxylic acids is 1. The van der Waals surface area contributed by atoms with Crippen molar-refractivity contribution in [2.24, 2.45) is 41.4 Å². The summed E-state index contributed by atoms with van der Waals surface area (Å²) in [5, 5.41) is 0. The zero-order valence-electron chi connectivity index (χ0n) is 23.3. The molecule has 4 aliphatic carbocycles. The Morgan fingerprint density at radius 1 is 1.00 bits per heavy atom. The van der Waals surface area contributed by atoms with Gasteiger partial charge >= 0.3 is 18.3 Å². The van der Waals surface area contributed by atoms with Gasteiger partial charge in [0.15, 0.2) is 6.29 Å². The summed E-state index contributed by atoms with van der Waals surface area (Å²) < 4.78 is 117. The maximum Gasteiger partial charge on any atom is 0.426 e. The first kappa shape index (κ1) is 30.8. The van der Waals surface area contributed by atoms with Gasteiger partial charge in [0.25, 0.3) is 5.60 Å². The van der Waals surface area contributed by atoms with Crippen molar-refractivity contribution in [3.63, 3.8) is 0 Å². The van der Waals surface area contributed by atoms with Crippen molar-refractivity contribution < 1.29 is 49.7 Å². The maximum absolute atomic E-state index is 16.6. The summed E-state index contributed by atoms with van der Waals surface area (Å²) in [5.41, 5.74) is -7.49. The lowest BCUT2D eigenvalue weighted by Crippen LogP contribution is -2.61. The van der Waals surface area contributed by atoms with Crippen LogP contribution in [0.15, 0.2) is 0 Å². The summed E-state index contributed by atoms with van der Waals surface area (Å²) in [5.74, 6) is -3.85. The fraction of sp³-hybridized carbons (Fsp3) is 0.964. The van der Waals surface area contributed by atoms with Gasteiger partial charge in [-0.25, -0.2) is 9.18 Å². The van der Waals surface area contributed by atoms with Crippen LogP contribution in [-0.4, -0.2) is 48.1 Å². The third kappa shape index (κ3) is 5.10. The van der Waals surface area contributed by atoms with Gasteiger partial charge in [-0.2, -0.15) is 26.3 Å². The van der Waals surface area contributed by atoms with Crippen LogP contribution in [0, 0.1) is 41.4 Å². The Bertz CT molecular complexity index is 891. The number of fused-ring (bicyclic) bond motifs is 4. The van der Waals surface area contributed by atoms with E-state index in [0.717, 1.165) is 26.2 Å². The monoisotopic (exact) mass is 574 g/mol. The van der Waals surface area contributed by atoms with Crippen LogP contribution >= 0.6 is 0 Å². The van der Waals surface area contributed by atoms with Crippen molar-refractivity contribution in [3.05, 3.63) is 0 Å². The van der Waals surface area contributed by atoms with E-state index in [0.29, 0.717) is 12.3 Å². The van der Waals surface area contributed by atoms with Gasteiger partial charge in [-0.05, 0) is 108 Å². The number of esters is 1. The van der Waals surface area contributed by atoms with Crippen LogP contribution < -0.4 is 0 Å². The van der Waals surface area contributed by atoms with E-state index in [2.05, 4.69) is 4.74 Å². The van der Waals surface area contributed by atoms with Crippen molar-refractivity contribution in [1.29, 1.82) is 0 Å². The molecular weight excluding hydrogens is 533 g/mol. The molecule has 11 heteroatoms. The van der Waals surface area contributed by atoms with Crippen LogP contribution in [0.3, 0.4) is 0 Å². The molecule has 4 rings (SSSR count). The molecule has 0 radical (unpaired) electrons. The fourth-order valence-electron chi connectivity index (χ4n) is 8.85. The standard InChI is InChI=1S/C28H41F7O4/c1-6-25(29,23(36)39-24(5)13-17-8-9-20(24)10-17)22-15(3)21-12-18(22)11-19(21)14-26(27(30,31)32,28(33,34)35)38-16(4)37-7-2/h15-22H,6-14H2,1-5H3. The first-order chi connectivity index (χ1) is 17.9. The van der Waals surface area contributed by atoms with Crippen molar-refractivity contribution in [3.8, 4) is 0 Å². The summed E-state index contributed by atoms with van der Waals surface area (Å²) in [4.78, 5) is 13.4. The second kappa shape index (κ2) is 10.3. The molecule has 39 heavy (non-hydrogen) atoms. The van der Waals surface area contributed by atoms with Crippen LogP contribution in [-0.2, 0) is 19.0 Å². The SMILES string of the molecule is CCOC(C)OC(CC1CC2CC1C(C)C2C(F)(CC)C(=O)OC1(C)CC2CCC1C2)(C(F)(F)F)C(F)(F)F. The molecular formula is C28H41F7O4. The molecule has 4 bridgehead atoms. The first-order valence-corrected chi connectivity index (χ1v) is 14.3. The molecule has 0 heterocycles. The Balaban J connectivity index is 1.54. The summed E-state index contributed by atoms with van der Waals surface area (Å²) in [6, 6.07) is 0. The van der Waals surface area contributed by atoms with Crippen molar-refractivity contribution in [1.82, 2.24) is 0 Å². The van der Waals surface area contributed by atoms with E-state index in [-0.39, 0.29) is 31.8 Å². The smallest absolute Gasteiger partial charge is 0.426 e. The molecule has 4 saturated carbocycles. The lowest BCUT2D eigenvalue weighted by Gasteiger charge is -2.45. The summed E-state index contributed by atoms with van der Waals surface area (Å²) in [7, 11) is 0. The Kier molecular flexibility index (Phi) is 8.16. The van der Waals surface area contributed by atoms with E-state index in [1.807, 2.05) is 6.92 Å². The Morgan fingerprint density at radius 2 is 1.64 bits per heavy atom. The van der Waals surface area contributed by atoms with E-state index in [1.54, 1.807) is 13.8 Å². The summed E-state index contributed by atoms with van der Waals surface area (Å²) >= 11 is 0. The molecule has 4 fully saturated rings. The van der Waals surface area contributed by atoms with Gasteiger partial charge in [0.1, 0.15) is 5.60 Å². The molecule has 0 saturated heterocycles. The van der Waals surface area contributed by atoms with Crippen LogP contribution in [0.4, 0.5) is 30.7 Å². The van der Waals surface area contributed by atoms with Gasteiger partial charge in [-0.1, -0.05) is 13.8 Å². The van der Waals surface area contributed by atoms with Crippen LogP contribution in [0.5, 0.6) is 0 Å². The molecule has 0 spiro atoms. The number of carbonyl (C=O) groups is 1. The highest BCUT2D eigenvalue weighted by Gasteiger charge is 2.74. The number of hydrogen-bond acceptors (Lipinski definition) is 4. The molecule has 0 aromatic carbocycles. The highest BCUT2D eigenvalue weighted by molar-refractivity contribution is 5.80. The number of halogens is 7. The van der Waals surface area contributed by atoms with Gasteiger partial charge in [-0.15, -0.1) is 0 Å². The van der Waals surface area contributed by atoms with E-state index in [9.17, 15) is 31.1 Å². The van der Waals surface area contributed by atoms with E-state index in [1.165, 1.54) is 6.92 Å². The minimum absolute atomic E-state index is 0.0408. The van der Waals surface area contributed by atoms with Gasteiger partial charge in [0, 0.05) is 12.5 Å². The normalized spacial score (nSPS) is 38.7. The van der Waals surface area contributed by atoms with Gasteiger partial charge in [-0.3, -0.25) is 0 Å². The molecule has 0 aromatic heterocycles. The van der Waals surface area contributed by atoms with Crippen molar-refractivity contribution in [2.75, 3.05) is 6.61 Å². The lowest BCUT2D eigenvalue weighted by atomic mass is 9.65. The molecule has 4 aliphatic rings. The minimum atomic E-state index is -5.74. The molecule has 10 unspecified atom stereocenters. The number of ether oxygens (including phenoxy) is 3. The van der Waals surface area contributed by atoms with Crippen LogP contribution in [0.25, 0.3) is 0 Å². The molecule has 10 atom stereocenters. The second-order valence-electron chi connectivity index (χ2n) is 12.7. The topological polar surface area (TPSA) is 44.8 Å². The van der Waals surface area contributed by atoms with Crippen LogP contribution in [0.1, 0.15) is 86.0 Å². The first-order valence-electron chi connectivity index (χ1n) is 14.3. The molecule has 226 valence electrons. The minimum Gasteiger partial charge on any atom is -0.457 e. The van der Waals surface area contributed by atoms with Crippen molar-refractivity contribution >= 4 is 5.97 Å². The Hall–Kier alpha value is -1.10. The third-order valence-corrected chi connectivity index (χ3v) is 10.6. The number of alkyl halides is 7. The highest BCUT2D eigenvalue weighted by Crippen LogP contribution is 2.64. The molecule has 0 amide bonds. The van der Waals surface area contributed by atoms with Crippen molar-refractivity contribution in [2.45, 2.75) is 121 Å².